The molecule has 0 aliphatic carbocycles. The second-order valence-corrected chi connectivity index (χ2v) is 11.0. The molecule has 0 spiro atoms. The molecule has 1 saturated heterocycles. The Morgan fingerprint density at radius 2 is 2.03 bits per heavy atom. The highest BCUT2D eigenvalue weighted by atomic mass is 16.2. The van der Waals surface area contributed by atoms with E-state index in [0.29, 0.717) is 48.2 Å². The number of hydrogen-bond donors (Lipinski definition) is 4. The quantitative estimate of drug-likeness (QED) is 0.295. The normalized spacial score (nSPS) is 15.8. The van der Waals surface area contributed by atoms with E-state index in [2.05, 4.69) is 41.2 Å². The molecule has 0 radical (unpaired) electrons. The largest absolute Gasteiger partial charge is 0.365 e. The minimum absolute atomic E-state index is 0.0831. The molecule has 0 bridgehead atoms. The average Bonchev–Trinajstić information content (AvgIpc) is 3.64. The topological polar surface area (TPSA) is 151 Å². The van der Waals surface area contributed by atoms with Crippen LogP contribution < -0.4 is 26.4 Å². The van der Waals surface area contributed by atoms with Gasteiger partial charge >= 0.3 is 6.03 Å². The number of aromatic amines is 1. The van der Waals surface area contributed by atoms with Crippen LogP contribution in [0.3, 0.4) is 0 Å². The maximum Gasteiger partial charge on any atom is 0.319 e. The summed E-state index contributed by atoms with van der Waals surface area (Å²) in [6, 6.07) is 1.30. The molecule has 39 heavy (non-hydrogen) atoms. The van der Waals surface area contributed by atoms with Gasteiger partial charge in [0.2, 0.25) is 5.95 Å². The zero-order valence-electron chi connectivity index (χ0n) is 23.1. The van der Waals surface area contributed by atoms with Gasteiger partial charge in [-0.15, -0.1) is 0 Å². The van der Waals surface area contributed by atoms with Crippen LogP contribution >= 0.6 is 0 Å². The van der Waals surface area contributed by atoms with Gasteiger partial charge in [0.25, 0.3) is 5.56 Å². The van der Waals surface area contributed by atoms with Crippen molar-refractivity contribution in [1.82, 2.24) is 39.8 Å². The number of H-pyrrole nitrogens is 1. The molecule has 2 amide bonds. The Morgan fingerprint density at radius 1 is 1.23 bits per heavy atom. The first-order chi connectivity index (χ1) is 18.5. The molecule has 0 saturated carbocycles. The maximum atomic E-state index is 13.5. The van der Waals surface area contributed by atoms with Crippen molar-refractivity contribution in [2.75, 3.05) is 35.7 Å². The van der Waals surface area contributed by atoms with Crippen LogP contribution in [0.1, 0.15) is 47.1 Å². The van der Waals surface area contributed by atoms with Crippen LogP contribution in [0, 0.1) is 0 Å². The smallest absolute Gasteiger partial charge is 0.319 e. The molecule has 1 unspecified atom stereocenters. The monoisotopic (exact) mass is 533 g/mol. The van der Waals surface area contributed by atoms with Gasteiger partial charge in [0.1, 0.15) is 17.0 Å². The highest BCUT2D eigenvalue weighted by Gasteiger charge is 2.28. The van der Waals surface area contributed by atoms with Gasteiger partial charge in [0.15, 0.2) is 0 Å². The number of nitrogens with one attached hydrogen (secondary N) is 4. The first kappa shape index (κ1) is 26.2. The van der Waals surface area contributed by atoms with Crippen molar-refractivity contribution >= 4 is 34.4 Å². The Hall–Kier alpha value is -4.42. The summed E-state index contributed by atoms with van der Waals surface area (Å²) in [5.41, 5.74) is 2.81. The lowest BCUT2D eigenvalue weighted by Gasteiger charge is -2.22. The summed E-state index contributed by atoms with van der Waals surface area (Å²) >= 11 is 0. The van der Waals surface area contributed by atoms with E-state index < -0.39 is 0 Å². The van der Waals surface area contributed by atoms with Gasteiger partial charge < -0.3 is 20.9 Å². The molecule has 1 fully saturated rings. The van der Waals surface area contributed by atoms with Crippen molar-refractivity contribution < 1.29 is 4.79 Å². The number of nitrogens with zero attached hydrogens (tertiary/aromatic N) is 7. The third-order valence-corrected chi connectivity index (χ3v) is 6.78. The van der Waals surface area contributed by atoms with Gasteiger partial charge in [-0.3, -0.25) is 19.1 Å². The van der Waals surface area contributed by atoms with E-state index in [4.69, 9.17) is 0 Å². The third-order valence-electron chi connectivity index (χ3n) is 6.78. The molecular formula is C26H35N11O2. The number of urea groups is 1. The van der Waals surface area contributed by atoms with E-state index in [9.17, 15) is 9.59 Å². The number of aromatic nitrogens is 7. The molecular weight excluding hydrogens is 498 g/mol. The van der Waals surface area contributed by atoms with Crippen LogP contribution in [0.25, 0.3) is 22.3 Å². The lowest BCUT2D eigenvalue weighted by molar-refractivity contribution is 0.249. The highest BCUT2D eigenvalue weighted by Crippen LogP contribution is 2.29. The molecule has 13 heteroatoms. The second-order valence-electron chi connectivity index (χ2n) is 11.0. The summed E-state index contributed by atoms with van der Waals surface area (Å²) in [5, 5.41) is 21.2. The number of rotatable bonds is 6. The van der Waals surface area contributed by atoms with Crippen LogP contribution in [-0.4, -0.2) is 66.7 Å². The molecule has 5 heterocycles. The molecule has 1 atom stereocenters. The molecule has 5 rings (SSSR count). The fraction of sp³-hybridized carbons (Fsp3) is 0.462. The minimum Gasteiger partial charge on any atom is -0.365 e. The van der Waals surface area contributed by atoms with Gasteiger partial charge in [-0.1, -0.05) is 0 Å². The molecule has 4 aromatic rings. The van der Waals surface area contributed by atoms with Crippen molar-refractivity contribution in [2.24, 2.45) is 0 Å². The maximum absolute atomic E-state index is 13.5. The molecule has 13 nitrogen and oxygen atoms in total. The summed E-state index contributed by atoms with van der Waals surface area (Å²) in [4.78, 5) is 37.5. The summed E-state index contributed by atoms with van der Waals surface area (Å²) in [7, 11) is 1.75. The number of carbonyl (C=O) groups is 1. The minimum atomic E-state index is -0.328. The molecule has 1 aliphatic heterocycles. The lowest BCUT2D eigenvalue weighted by Crippen LogP contribution is -2.40. The standard InChI is InChI=1S/C26H35N11O2/c1-15(2)37-22-16(10-28-24(27-6)33-22)9-20(23(37)38)35-8-7-18(13-35)31-25(39)32-19-14-36(26(3,4)5)34-21(19)17-11-29-30-12-17/h9-12,14-15,18H,7-8,13H2,1-6H3,(H,29,30)(H,27,28,33)(H2,31,32,39). The number of pyridine rings is 1. The van der Waals surface area contributed by atoms with E-state index >= 15 is 0 Å². The van der Waals surface area contributed by atoms with Crippen LogP contribution in [0.2, 0.25) is 0 Å². The van der Waals surface area contributed by atoms with E-state index in [1.807, 2.05) is 56.5 Å². The predicted octanol–water partition coefficient (Wildman–Crippen LogP) is 3.16. The fourth-order valence-electron chi connectivity index (χ4n) is 4.77. The lowest BCUT2D eigenvalue weighted by atomic mass is 10.1. The summed E-state index contributed by atoms with van der Waals surface area (Å²) in [6.45, 7) is 11.2. The Bertz CT molecular complexity index is 1550. The summed E-state index contributed by atoms with van der Waals surface area (Å²) < 4.78 is 3.52. The second kappa shape index (κ2) is 10.0. The van der Waals surface area contributed by atoms with Crippen LogP contribution in [0.5, 0.6) is 0 Å². The molecule has 4 N–H and O–H groups in total. The molecule has 1 aliphatic rings. The first-order valence-corrected chi connectivity index (χ1v) is 13.1. The van der Waals surface area contributed by atoms with Gasteiger partial charge in [0, 0.05) is 61.8 Å². The summed E-state index contributed by atoms with van der Waals surface area (Å²) in [5.74, 6) is 0.462. The zero-order valence-corrected chi connectivity index (χ0v) is 23.1. The number of hydrogen-bond acceptors (Lipinski definition) is 8. The van der Waals surface area contributed by atoms with Gasteiger partial charge in [-0.2, -0.15) is 15.2 Å². The SMILES string of the molecule is CNc1ncc2cc(N3CCC(NC(=O)Nc4cn(C(C)(C)C)nc4-c4cn[nH]c4)C3)c(=O)n(C(C)C)c2n1. The van der Waals surface area contributed by atoms with E-state index in [-0.39, 0.29) is 29.2 Å². The van der Waals surface area contributed by atoms with Gasteiger partial charge in [-0.25, -0.2) is 9.78 Å². The van der Waals surface area contributed by atoms with E-state index in [1.165, 1.54) is 0 Å². The number of anilines is 3. The zero-order chi connectivity index (χ0) is 27.9. The van der Waals surface area contributed by atoms with Gasteiger partial charge in [0.05, 0.1) is 17.4 Å². The Balaban J connectivity index is 1.34. The number of fused-ring (bicyclic) bond motifs is 1. The van der Waals surface area contributed by atoms with Crippen LogP contribution in [0.4, 0.5) is 22.1 Å². The predicted molar refractivity (Wildman–Crippen MR) is 151 cm³/mol. The highest BCUT2D eigenvalue weighted by molar-refractivity contribution is 5.93. The Labute approximate surface area is 226 Å². The van der Waals surface area contributed by atoms with E-state index in [0.717, 1.165) is 10.9 Å². The number of amides is 2. The average molecular weight is 534 g/mol. The Morgan fingerprint density at radius 3 is 2.69 bits per heavy atom. The van der Waals surface area contributed by atoms with Crippen molar-refractivity contribution in [3.05, 3.63) is 41.2 Å². The number of carbonyl (C=O) groups excluding carboxylic acids is 1. The van der Waals surface area contributed by atoms with Gasteiger partial charge in [-0.05, 0) is 47.1 Å². The van der Waals surface area contributed by atoms with Crippen molar-refractivity contribution in [3.8, 4) is 11.3 Å². The van der Waals surface area contributed by atoms with Crippen molar-refractivity contribution in [3.63, 3.8) is 0 Å². The summed E-state index contributed by atoms with van der Waals surface area (Å²) in [6.07, 6.45) is 7.67. The van der Waals surface area contributed by atoms with Crippen molar-refractivity contribution in [1.29, 1.82) is 0 Å². The van der Waals surface area contributed by atoms with Crippen molar-refractivity contribution in [2.45, 2.75) is 58.7 Å². The Kier molecular flexibility index (Phi) is 6.74. The van der Waals surface area contributed by atoms with Crippen LogP contribution in [-0.2, 0) is 5.54 Å². The third kappa shape index (κ3) is 5.16. The first-order valence-electron chi connectivity index (χ1n) is 13.1. The molecule has 4 aromatic heterocycles. The van der Waals surface area contributed by atoms with E-state index in [1.54, 1.807) is 30.2 Å². The van der Waals surface area contributed by atoms with Crippen LogP contribution in [0.15, 0.2) is 35.6 Å². The molecule has 206 valence electrons. The fourth-order valence-corrected chi connectivity index (χ4v) is 4.77. The molecule has 0 aromatic carbocycles.